The minimum Gasteiger partial charge on any atom is -0.395 e. The van der Waals surface area contributed by atoms with Crippen LogP contribution in [0, 0.1) is 0 Å². The number of aliphatic hydroxyl groups excluding tert-OH is 1. The molecule has 0 aromatic carbocycles. The quantitative estimate of drug-likeness (QED) is 0.622. The van der Waals surface area contributed by atoms with Crippen LogP contribution in [-0.2, 0) is 0 Å². The molecule has 0 bridgehead atoms. The Bertz CT molecular complexity index is 70.6. The number of rotatable bonds is 6. The summed E-state index contributed by atoms with van der Waals surface area (Å²) in [4.78, 5) is 2.25. The van der Waals surface area contributed by atoms with Crippen LogP contribution in [0.3, 0.4) is 0 Å². The minimum absolute atomic E-state index is 0.280. The van der Waals surface area contributed by atoms with Crippen LogP contribution in [0.2, 0.25) is 0 Å². The van der Waals surface area contributed by atoms with Crippen molar-refractivity contribution in [3.63, 3.8) is 0 Å². The monoisotopic (exact) mass is 163 g/mol. The number of thioether (sulfide) groups is 1. The largest absolute Gasteiger partial charge is 0.395 e. The molecule has 2 nitrogen and oxygen atoms in total. The van der Waals surface area contributed by atoms with E-state index in [1.165, 1.54) is 0 Å². The predicted molar refractivity (Wildman–Crippen MR) is 47.6 cm³/mol. The maximum Gasteiger partial charge on any atom is 0.0558 e. The Morgan fingerprint density at radius 2 is 2.10 bits per heavy atom. The van der Waals surface area contributed by atoms with E-state index in [1.807, 2.05) is 11.8 Å². The molecule has 1 N–H and O–H groups in total. The molecule has 0 fully saturated rings. The van der Waals surface area contributed by atoms with Crippen molar-refractivity contribution < 1.29 is 5.11 Å². The first-order valence-corrected chi connectivity index (χ1v) is 5.06. The van der Waals surface area contributed by atoms with Crippen molar-refractivity contribution in [1.82, 2.24) is 4.90 Å². The summed E-state index contributed by atoms with van der Waals surface area (Å²) in [6, 6.07) is 0. The zero-order valence-corrected chi connectivity index (χ0v) is 7.65. The Labute approximate surface area is 67.6 Å². The average molecular weight is 163 g/mol. The van der Waals surface area contributed by atoms with Gasteiger partial charge in [0, 0.05) is 18.8 Å². The second-order valence-corrected chi connectivity index (χ2v) is 3.14. The number of hydrogen-bond donors (Lipinski definition) is 1. The zero-order chi connectivity index (χ0) is 7.82. The van der Waals surface area contributed by atoms with Crippen LogP contribution in [0.1, 0.15) is 6.92 Å². The lowest BCUT2D eigenvalue weighted by Gasteiger charge is -2.17. The summed E-state index contributed by atoms with van der Waals surface area (Å²) in [6.07, 6.45) is 2.10. The smallest absolute Gasteiger partial charge is 0.0558 e. The van der Waals surface area contributed by atoms with E-state index in [1.54, 1.807) is 0 Å². The molecule has 0 spiro atoms. The Kier molecular flexibility index (Phi) is 7.58. The second-order valence-electron chi connectivity index (χ2n) is 2.15. The Hall–Kier alpha value is 0.270. The van der Waals surface area contributed by atoms with Gasteiger partial charge in [-0.1, -0.05) is 6.92 Å². The molecule has 0 unspecified atom stereocenters. The number of hydrogen-bond acceptors (Lipinski definition) is 3. The Morgan fingerprint density at radius 1 is 1.40 bits per heavy atom. The van der Waals surface area contributed by atoms with Crippen LogP contribution in [-0.4, -0.2) is 48.3 Å². The van der Waals surface area contributed by atoms with E-state index in [-0.39, 0.29) is 6.61 Å². The van der Waals surface area contributed by atoms with Crippen LogP contribution < -0.4 is 0 Å². The summed E-state index contributed by atoms with van der Waals surface area (Å²) in [5.41, 5.74) is 0. The number of nitrogens with zero attached hydrogens (tertiary/aromatic N) is 1. The normalized spacial score (nSPS) is 10.8. The minimum atomic E-state index is 0.280. The highest BCUT2D eigenvalue weighted by molar-refractivity contribution is 7.98. The molecule has 0 aromatic rings. The first-order valence-electron chi connectivity index (χ1n) is 3.67. The van der Waals surface area contributed by atoms with Crippen molar-refractivity contribution in [2.24, 2.45) is 0 Å². The summed E-state index contributed by atoms with van der Waals surface area (Å²) in [6.45, 7) is 5.36. The molecule has 0 aliphatic carbocycles. The number of likely N-dealkylation sites (N-methyl/N-ethyl adjacent to an activating group) is 1. The third-order valence-electron chi connectivity index (χ3n) is 1.48. The first kappa shape index (κ1) is 10.3. The van der Waals surface area contributed by atoms with Gasteiger partial charge in [-0.3, -0.25) is 0 Å². The molecule has 0 amide bonds. The van der Waals surface area contributed by atoms with Crippen molar-refractivity contribution in [3.05, 3.63) is 0 Å². The van der Waals surface area contributed by atoms with Gasteiger partial charge < -0.3 is 10.0 Å². The van der Waals surface area contributed by atoms with Gasteiger partial charge in [-0.05, 0) is 12.8 Å². The van der Waals surface area contributed by atoms with E-state index < -0.39 is 0 Å². The molecular weight excluding hydrogens is 146 g/mol. The van der Waals surface area contributed by atoms with Crippen molar-refractivity contribution in [1.29, 1.82) is 0 Å². The summed E-state index contributed by atoms with van der Waals surface area (Å²) in [5.74, 6) is 1.16. The number of aliphatic hydroxyl groups is 1. The fourth-order valence-electron chi connectivity index (χ4n) is 0.790. The zero-order valence-electron chi connectivity index (χ0n) is 6.84. The van der Waals surface area contributed by atoms with E-state index in [4.69, 9.17) is 5.11 Å². The maximum absolute atomic E-state index is 8.62. The molecular formula is C7H17NOS. The van der Waals surface area contributed by atoms with E-state index in [0.717, 1.165) is 25.4 Å². The van der Waals surface area contributed by atoms with E-state index in [9.17, 15) is 0 Å². The highest BCUT2D eigenvalue weighted by Crippen LogP contribution is 1.94. The van der Waals surface area contributed by atoms with Crippen LogP contribution in [0.4, 0.5) is 0 Å². The van der Waals surface area contributed by atoms with Gasteiger partial charge >= 0.3 is 0 Å². The van der Waals surface area contributed by atoms with Gasteiger partial charge in [0.1, 0.15) is 0 Å². The standard InChI is InChI=1S/C7H17NOS/c1-3-8(4-6-9)5-7-10-2/h9H,3-7H2,1-2H3. The molecule has 0 saturated heterocycles. The molecule has 0 saturated carbocycles. The summed E-state index contributed by atoms with van der Waals surface area (Å²) in [7, 11) is 0. The summed E-state index contributed by atoms with van der Waals surface area (Å²) >= 11 is 1.85. The molecule has 0 aliphatic rings. The predicted octanol–water partition coefficient (Wildman–Crippen LogP) is 0.664. The van der Waals surface area contributed by atoms with E-state index in [2.05, 4.69) is 18.1 Å². The second kappa shape index (κ2) is 7.38. The van der Waals surface area contributed by atoms with Crippen LogP contribution in [0.15, 0.2) is 0 Å². The Morgan fingerprint density at radius 3 is 2.50 bits per heavy atom. The lowest BCUT2D eigenvalue weighted by atomic mass is 10.5. The third kappa shape index (κ3) is 5.09. The van der Waals surface area contributed by atoms with Crippen LogP contribution in [0.5, 0.6) is 0 Å². The van der Waals surface area contributed by atoms with Gasteiger partial charge in [0.2, 0.25) is 0 Å². The van der Waals surface area contributed by atoms with Crippen molar-refractivity contribution >= 4 is 11.8 Å². The molecule has 0 atom stereocenters. The van der Waals surface area contributed by atoms with E-state index in [0.29, 0.717) is 0 Å². The fraction of sp³-hybridized carbons (Fsp3) is 1.00. The summed E-state index contributed by atoms with van der Waals surface area (Å²) in [5, 5.41) is 8.62. The fourth-order valence-corrected chi connectivity index (χ4v) is 1.23. The average Bonchev–Trinajstić information content (AvgIpc) is 1.98. The SMILES string of the molecule is CCN(CCO)CCSC. The van der Waals surface area contributed by atoms with Crippen LogP contribution in [0.25, 0.3) is 0 Å². The topological polar surface area (TPSA) is 23.5 Å². The molecule has 0 aliphatic heterocycles. The summed E-state index contributed by atoms with van der Waals surface area (Å²) < 4.78 is 0. The molecule has 0 rings (SSSR count). The van der Waals surface area contributed by atoms with Crippen molar-refractivity contribution in [2.45, 2.75) is 6.92 Å². The van der Waals surface area contributed by atoms with Gasteiger partial charge in [0.15, 0.2) is 0 Å². The molecule has 0 aromatic heterocycles. The van der Waals surface area contributed by atoms with Crippen molar-refractivity contribution in [3.8, 4) is 0 Å². The van der Waals surface area contributed by atoms with Gasteiger partial charge in [-0.2, -0.15) is 11.8 Å². The van der Waals surface area contributed by atoms with Gasteiger partial charge in [0.05, 0.1) is 6.61 Å². The molecule has 0 radical (unpaired) electrons. The molecule has 62 valence electrons. The van der Waals surface area contributed by atoms with Crippen LogP contribution >= 0.6 is 11.8 Å². The van der Waals surface area contributed by atoms with Gasteiger partial charge in [0.25, 0.3) is 0 Å². The highest BCUT2D eigenvalue weighted by atomic mass is 32.2. The highest BCUT2D eigenvalue weighted by Gasteiger charge is 1.98. The molecule has 0 heterocycles. The van der Waals surface area contributed by atoms with Gasteiger partial charge in [-0.15, -0.1) is 0 Å². The first-order chi connectivity index (χ1) is 4.85. The lowest BCUT2D eigenvalue weighted by molar-refractivity contribution is 0.209. The third-order valence-corrected chi connectivity index (χ3v) is 2.07. The molecule has 3 heteroatoms. The Balaban J connectivity index is 3.21. The lowest BCUT2D eigenvalue weighted by Crippen LogP contribution is -2.28. The molecule has 10 heavy (non-hydrogen) atoms. The van der Waals surface area contributed by atoms with Crippen molar-refractivity contribution in [2.75, 3.05) is 38.2 Å². The van der Waals surface area contributed by atoms with E-state index >= 15 is 0 Å². The maximum atomic E-state index is 8.62. The van der Waals surface area contributed by atoms with Gasteiger partial charge in [-0.25, -0.2) is 0 Å².